The van der Waals surface area contributed by atoms with Gasteiger partial charge in [-0.1, -0.05) is 12.1 Å². The maximum atomic E-state index is 12.9. The van der Waals surface area contributed by atoms with Gasteiger partial charge < -0.3 is 35.5 Å². The van der Waals surface area contributed by atoms with E-state index in [-0.39, 0.29) is 66.8 Å². The van der Waals surface area contributed by atoms with Gasteiger partial charge in [-0.05, 0) is 78.6 Å². The molecule has 0 atom stereocenters. The Morgan fingerprint density at radius 3 is 2.13 bits per heavy atom. The van der Waals surface area contributed by atoms with Crippen molar-refractivity contribution in [1.82, 2.24) is 0 Å². The van der Waals surface area contributed by atoms with E-state index in [4.69, 9.17) is 30.4 Å². The maximum absolute atomic E-state index is 12.9. The Bertz CT molecular complexity index is 1560. The molecule has 0 aliphatic carbocycles. The molecule has 0 spiro atoms. The number of anilines is 2. The lowest BCUT2D eigenvalue weighted by Crippen LogP contribution is -2.36. The van der Waals surface area contributed by atoms with E-state index in [0.29, 0.717) is 11.1 Å². The van der Waals surface area contributed by atoms with Crippen molar-refractivity contribution in [2.45, 2.75) is 31.4 Å². The van der Waals surface area contributed by atoms with E-state index < -0.39 is 42.8 Å². The topological polar surface area (TPSA) is 160 Å². The van der Waals surface area contributed by atoms with Crippen molar-refractivity contribution in [3.63, 3.8) is 0 Å². The summed E-state index contributed by atoms with van der Waals surface area (Å²) < 4.78 is 83.5. The van der Waals surface area contributed by atoms with E-state index in [1.165, 1.54) is 60.7 Å². The smallest absolute Gasteiger partial charge is 0.453 e. The van der Waals surface area contributed by atoms with Gasteiger partial charge in [-0.15, -0.1) is 0 Å². The fourth-order valence-corrected chi connectivity index (χ4v) is 4.00. The normalized spacial score (nSPS) is 11.8. The molecule has 0 radical (unpaired) electrons. The lowest BCUT2D eigenvalue weighted by atomic mass is 10.0. The molecule has 0 saturated carbocycles. The summed E-state index contributed by atoms with van der Waals surface area (Å²) in [5.74, 6) is -6.92. The summed E-state index contributed by atoms with van der Waals surface area (Å²) in [6.07, 6.45) is -4.65. The molecule has 0 unspecified atom stereocenters. The molecule has 47 heavy (non-hydrogen) atoms. The van der Waals surface area contributed by atoms with Crippen LogP contribution in [-0.2, 0) is 20.7 Å². The van der Waals surface area contributed by atoms with Crippen LogP contribution in [0.15, 0.2) is 66.7 Å². The number of carboxylic acids is 1. The van der Waals surface area contributed by atoms with Crippen LogP contribution in [0.2, 0.25) is 0 Å². The Labute approximate surface area is 265 Å². The van der Waals surface area contributed by atoms with Crippen LogP contribution in [0.1, 0.15) is 44.7 Å². The summed E-state index contributed by atoms with van der Waals surface area (Å²) >= 11 is 0. The fraction of sp³-hybridized carbons (Fsp3) is 0.281. The number of carbonyl (C=O) groups is 3. The zero-order valence-corrected chi connectivity index (χ0v) is 24.7. The number of halogens is 5. The van der Waals surface area contributed by atoms with Crippen LogP contribution in [0.5, 0.6) is 11.5 Å². The molecule has 15 heteroatoms. The predicted octanol–water partition coefficient (Wildman–Crippen LogP) is 5.94. The van der Waals surface area contributed by atoms with E-state index in [1.54, 1.807) is 12.1 Å². The van der Waals surface area contributed by atoms with E-state index in [2.05, 4.69) is 0 Å². The highest BCUT2D eigenvalue weighted by atomic mass is 19.4. The first kappa shape index (κ1) is 36.3. The second-order valence-corrected chi connectivity index (χ2v) is 9.94. The first-order chi connectivity index (χ1) is 22.2. The molecular formula is C32H31F5N2O8. The number of hydrogen-bond acceptors (Lipinski definition) is 9. The van der Waals surface area contributed by atoms with Gasteiger partial charge in [0, 0.05) is 23.9 Å². The van der Waals surface area contributed by atoms with Gasteiger partial charge in [-0.2, -0.15) is 22.0 Å². The van der Waals surface area contributed by atoms with Gasteiger partial charge in [0.15, 0.2) is 0 Å². The number of benzene rings is 3. The Balaban J connectivity index is 1.36. The summed E-state index contributed by atoms with van der Waals surface area (Å²) in [7, 11) is 0. The van der Waals surface area contributed by atoms with Gasteiger partial charge in [0.05, 0.1) is 30.9 Å². The number of nitrogen functional groups attached to an aromatic ring is 2. The average Bonchev–Trinajstić information content (AvgIpc) is 3.01. The van der Waals surface area contributed by atoms with Gasteiger partial charge in [0.1, 0.15) is 18.1 Å². The van der Waals surface area contributed by atoms with Crippen LogP contribution in [0.4, 0.5) is 33.3 Å². The number of nitrogens with two attached hydrogens (primary N) is 2. The number of hydrogen-bond donors (Lipinski definition) is 3. The monoisotopic (exact) mass is 666 g/mol. The Hall–Kier alpha value is -5.18. The van der Waals surface area contributed by atoms with Crippen LogP contribution in [0.3, 0.4) is 0 Å². The lowest BCUT2D eigenvalue weighted by Gasteiger charge is -2.19. The maximum Gasteiger partial charge on any atom is 0.453 e. The number of rotatable bonds is 16. The van der Waals surface area contributed by atoms with E-state index >= 15 is 0 Å². The third kappa shape index (κ3) is 11.3. The quantitative estimate of drug-likeness (QED) is 0.0417. The minimum atomic E-state index is -5.62. The molecule has 252 valence electrons. The van der Waals surface area contributed by atoms with Crippen molar-refractivity contribution in [2.75, 3.05) is 37.9 Å². The molecule has 5 N–H and O–H groups in total. The van der Waals surface area contributed by atoms with E-state index in [9.17, 15) is 41.4 Å². The number of esters is 2. The van der Waals surface area contributed by atoms with Crippen LogP contribution in [0.25, 0.3) is 6.08 Å². The first-order valence-corrected chi connectivity index (χ1v) is 14.0. The summed E-state index contributed by atoms with van der Waals surface area (Å²) in [6.45, 7) is -0.210. The Morgan fingerprint density at radius 1 is 0.830 bits per heavy atom. The van der Waals surface area contributed by atoms with Gasteiger partial charge >= 0.3 is 30.0 Å². The minimum Gasteiger partial charge on any atom is -0.494 e. The van der Waals surface area contributed by atoms with E-state index in [0.717, 1.165) is 0 Å². The van der Waals surface area contributed by atoms with Gasteiger partial charge in [-0.3, -0.25) is 0 Å². The zero-order chi connectivity index (χ0) is 34.6. The molecule has 0 heterocycles. The largest absolute Gasteiger partial charge is 0.494 e. The number of aromatic carboxylic acids is 1. The van der Waals surface area contributed by atoms with Crippen molar-refractivity contribution < 1.29 is 60.4 Å². The molecule has 0 amide bonds. The Morgan fingerprint density at radius 2 is 1.49 bits per heavy atom. The van der Waals surface area contributed by atoms with Crippen LogP contribution in [-0.4, -0.2) is 61.5 Å². The summed E-state index contributed by atoms with van der Waals surface area (Å²) in [5, 5.41) is 9.33. The number of ether oxygens (including phenoxy) is 4. The van der Waals surface area contributed by atoms with Gasteiger partial charge in [0.2, 0.25) is 0 Å². The second kappa shape index (κ2) is 16.4. The van der Waals surface area contributed by atoms with Crippen molar-refractivity contribution in [3.8, 4) is 11.5 Å². The minimum absolute atomic E-state index is 0.00550. The number of carboxylic acid groups (broad SMARTS) is 1. The van der Waals surface area contributed by atoms with Crippen LogP contribution in [0, 0.1) is 0 Å². The van der Waals surface area contributed by atoms with Crippen molar-refractivity contribution in [3.05, 3.63) is 89.0 Å². The highest BCUT2D eigenvalue weighted by molar-refractivity contribution is 5.93. The lowest BCUT2D eigenvalue weighted by molar-refractivity contribution is -0.284. The molecule has 0 saturated heterocycles. The zero-order valence-electron chi connectivity index (χ0n) is 24.7. The van der Waals surface area contributed by atoms with Crippen LogP contribution < -0.4 is 20.9 Å². The average molecular weight is 667 g/mol. The van der Waals surface area contributed by atoms with E-state index in [1.807, 2.05) is 0 Å². The molecule has 3 rings (SSSR count). The van der Waals surface area contributed by atoms with Gasteiger partial charge in [0.25, 0.3) is 0 Å². The third-order valence-corrected chi connectivity index (χ3v) is 6.42. The third-order valence-electron chi connectivity index (χ3n) is 6.42. The second-order valence-electron chi connectivity index (χ2n) is 9.94. The first-order valence-electron chi connectivity index (χ1n) is 14.0. The molecule has 3 aromatic carbocycles. The summed E-state index contributed by atoms with van der Waals surface area (Å²) in [4.78, 5) is 35.8. The van der Waals surface area contributed by atoms with Crippen LogP contribution >= 0.6 is 0 Å². The standard InChI is InChI=1S/C32H31F5N2O8/c33-31(34,32(35,36)37)13-1-14-45-23-9-5-21(6-10-23)30(43)47-24-7-2-20(3-8-24)4-11-28(40)46-17-16-44-15-12-25-26(29(41)42)18-22(38)19-27(25)39/h2-11,18-19H,1,12-17,38-39H2,(H,41,42)/b11-4+. The summed E-state index contributed by atoms with van der Waals surface area (Å²) in [5.41, 5.74) is 13.1. The van der Waals surface area contributed by atoms with Crippen molar-refractivity contribution >= 4 is 35.4 Å². The van der Waals surface area contributed by atoms with Crippen molar-refractivity contribution in [2.24, 2.45) is 0 Å². The molecule has 0 aliphatic rings. The highest BCUT2D eigenvalue weighted by Crippen LogP contribution is 2.38. The summed E-state index contributed by atoms with van der Waals surface area (Å²) in [6, 6.07) is 14.4. The van der Waals surface area contributed by atoms with Gasteiger partial charge in [-0.25, -0.2) is 14.4 Å². The molecule has 10 nitrogen and oxygen atoms in total. The SMILES string of the molecule is Nc1cc(N)c(CCOCCOC(=O)/C=C/c2ccc(OC(=O)c3ccc(OCCCC(F)(F)C(F)(F)F)cc3)cc2)c(C(=O)O)c1. The highest BCUT2D eigenvalue weighted by Gasteiger charge is 2.56. The fourth-order valence-electron chi connectivity index (χ4n) is 4.00. The Kier molecular flexibility index (Phi) is 12.7. The molecule has 0 aromatic heterocycles. The number of alkyl halides is 5. The predicted molar refractivity (Wildman–Crippen MR) is 160 cm³/mol. The number of carbonyl (C=O) groups excluding carboxylic acids is 2. The molecule has 0 bridgehead atoms. The molecule has 3 aromatic rings. The molecule has 0 aliphatic heterocycles. The van der Waals surface area contributed by atoms with Crippen molar-refractivity contribution in [1.29, 1.82) is 0 Å². The molecule has 0 fully saturated rings. The molecular weight excluding hydrogens is 635 g/mol.